The van der Waals surface area contributed by atoms with Crippen LogP contribution in [0.3, 0.4) is 0 Å². The number of aromatic amines is 1. The minimum atomic E-state index is -0.105. The summed E-state index contributed by atoms with van der Waals surface area (Å²) in [5.74, 6) is -0.105. The fraction of sp³-hybridized carbons (Fsp3) is 0.0588. The minimum Gasteiger partial charge on any atom is -0.369 e. The van der Waals surface area contributed by atoms with Crippen LogP contribution in [0.2, 0.25) is 10.0 Å². The molecule has 0 amide bonds. The smallest absolute Gasteiger partial charge is 0.211 e. The van der Waals surface area contributed by atoms with Gasteiger partial charge < -0.3 is 16.5 Å². The van der Waals surface area contributed by atoms with Crippen LogP contribution in [0.15, 0.2) is 51.1 Å². The number of guanidine groups is 1. The van der Waals surface area contributed by atoms with Crippen molar-refractivity contribution in [3.63, 3.8) is 0 Å². The predicted octanol–water partition coefficient (Wildman–Crippen LogP) is 4.90. The highest BCUT2D eigenvalue weighted by molar-refractivity contribution is 9.10. The van der Waals surface area contributed by atoms with Gasteiger partial charge in [-0.1, -0.05) is 39.1 Å². The molecule has 0 aliphatic rings. The van der Waals surface area contributed by atoms with Gasteiger partial charge in [-0.15, -0.1) is 5.10 Å². The Kier molecular flexibility index (Phi) is 5.03. The van der Waals surface area contributed by atoms with Gasteiger partial charge in [-0.05, 0) is 43.3 Å². The molecule has 5 nitrogen and oxygen atoms in total. The first-order valence-corrected chi connectivity index (χ1v) is 8.82. The van der Waals surface area contributed by atoms with E-state index >= 15 is 0 Å². The summed E-state index contributed by atoms with van der Waals surface area (Å²) < 4.78 is 0.948. The second-order valence-electron chi connectivity index (χ2n) is 5.40. The van der Waals surface area contributed by atoms with Crippen LogP contribution in [-0.4, -0.2) is 16.7 Å². The maximum atomic E-state index is 6.41. The van der Waals surface area contributed by atoms with Crippen molar-refractivity contribution >= 4 is 61.7 Å². The molecule has 0 aliphatic heterocycles. The van der Waals surface area contributed by atoms with Crippen molar-refractivity contribution in [2.45, 2.75) is 6.92 Å². The van der Waals surface area contributed by atoms with E-state index in [9.17, 15) is 0 Å². The molecule has 3 rings (SSSR count). The lowest BCUT2D eigenvalue weighted by Gasteiger charge is -2.07. The number of hydrogen-bond acceptors (Lipinski definition) is 2. The van der Waals surface area contributed by atoms with Crippen molar-refractivity contribution in [3.05, 3.63) is 56.5 Å². The number of benzene rings is 2. The predicted molar refractivity (Wildman–Crippen MR) is 109 cm³/mol. The van der Waals surface area contributed by atoms with Crippen LogP contribution in [0.25, 0.3) is 22.2 Å². The maximum absolute atomic E-state index is 6.41. The molecule has 1 heterocycles. The zero-order chi connectivity index (χ0) is 18.1. The molecule has 25 heavy (non-hydrogen) atoms. The van der Waals surface area contributed by atoms with Crippen molar-refractivity contribution in [1.29, 1.82) is 0 Å². The lowest BCUT2D eigenvalue weighted by Crippen LogP contribution is -2.22. The number of nitrogens with two attached hydrogens (primary N) is 2. The molecule has 5 N–H and O–H groups in total. The molecule has 8 heteroatoms. The van der Waals surface area contributed by atoms with Crippen LogP contribution in [0.5, 0.6) is 0 Å². The van der Waals surface area contributed by atoms with E-state index in [4.69, 9.17) is 34.7 Å². The molecule has 0 spiro atoms. The molecule has 0 fully saturated rings. The second-order valence-corrected chi connectivity index (χ2v) is 7.16. The van der Waals surface area contributed by atoms with Crippen molar-refractivity contribution in [1.82, 2.24) is 4.98 Å². The van der Waals surface area contributed by atoms with E-state index in [-0.39, 0.29) is 5.96 Å². The Morgan fingerprint density at radius 3 is 2.52 bits per heavy atom. The molecule has 0 unspecified atom stereocenters. The summed E-state index contributed by atoms with van der Waals surface area (Å²) >= 11 is 15.9. The number of hydrogen-bond donors (Lipinski definition) is 3. The Morgan fingerprint density at radius 1 is 1.08 bits per heavy atom. The van der Waals surface area contributed by atoms with Crippen LogP contribution in [0, 0.1) is 0 Å². The van der Waals surface area contributed by atoms with E-state index in [2.05, 4.69) is 31.1 Å². The quantitative estimate of drug-likeness (QED) is 0.308. The van der Waals surface area contributed by atoms with Gasteiger partial charge in [0, 0.05) is 31.5 Å². The molecule has 0 radical (unpaired) electrons. The Hall–Kier alpha value is -2.02. The minimum absolute atomic E-state index is 0.105. The highest BCUT2D eigenvalue weighted by Crippen LogP contribution is 2.37. The third-order valence-corrected chi connectivity index (χ3v) is 4.68. The lowest BCUT2D eigenvalue weighted by atomic mass is 10.0. The van der Waals surface area contributed by atoms with Gasteiger partial charge >= 0.3 is 0 Å². The highest BCUT2D eigenvalue weighted by Gasteiger charge is 2.18. The standard InChI is InChI=1S/C17H14BrCl2N5/c1-8(24-25-17(21)22)15-12-6-9(18)2-5-14(12)23-16(15)11-4-3-10(19)7-13(11)20/h2-7,23H,1H3,(H4,21,22,25)/b24-8-. The van der Waals surface area contributed by atoms with E-state index in [1.165, 1.54) is 0 Å². The summed E-state index contributed by atoms with van der Waals surface area (Å²) in [6.45, 7) is 1.84. The lowest BCUT2D eigenvalue weighted by molar-refractivity contribution is 1.20. The zero-order valence-electron chi connectivity index (χ0n) is 13.1. The van der Waals surface area contributed by atoms with Gasteiger partial charge in [0.25, 0.3) is 0 Å². The number of aromatic nitrogens is 1. The molecule has 0 atom stereocenters. The second kappa shape index (κ2) is 7.07. The van der Waals surface area contributed by atoms with Crippen LogP contribution in [0.4, 0.5) is 0 Å². The molecular formula is C17H14BrCl2N5. The third-order valence-electron chi connectivity index (χ3n) is 3.64. The summed E-state index contributed by atoms with van der Waals surface area (Å²) in [7, 11) is 0. The number of fused-ring (bicyclic) bond motifs is 1. The molecule has 128 valence electrons. The maximum Gasteiger partial charge on any atom is 0.211 e. The van der Waals surface area contributed by atoms with Gasteiger partial charge in [0.2, 0.25) is 5.96 Å². The summed E-state index contributed by atoms with van der Waals surface area (Å²) in [5, 5.41) is 9.97. The molecule has 0 bridgehead atoms. The topological polar surface area (TPSA) is 92.5 Å². The Morgan fingerprint density at radius 2 is 1.84 bits per heavy atom. The normalized spacial score (nSPS) is 11.8. The van der Waals surface area contributed by atoms with E-state index in [0.717, 1.165) is 32.2 Å². The van der Waals surface area contributed by atoms with Gasteiger partial charge in [-0.3, -0.25) is 0 Å². The fourth-order valence-electron chi connectivity index (χ4n) is 2.62. The number of nitrogens with zero attached hydrogens (tertiary/aromatic N) is 2. The molecule has 0 aliphatic carbocycles. The van der Waals surface area contributed by atoms with Crippen molar-refractivity contribution in [3.8, 4) is 11.3 Å². The number of nitrogens with one attached hydrogen (secondary N) is 1. The first-order chi connectivity index (χ1) is 11.9. The number of halogens is 3. The Labute approximate surface area is 162 Å². The Balaban J connectivity index is 2.33. The molecule has 2 aromatic carbocycles. The monoisotopic (exact) mass is 437 g/mol. The van der Waals surface area contributed by atoms with Gasteiger partial charge in [0.1, 0.15) is 0 Å². The zero-order valence-corrected chi connectivity index (χ0v) is 16.2. The molecule has 3 aromatic rings. The van der Waals surface area contributed by atoms with Gasteiger partial charge in [0.15, 0.2) is 0 Å². The van der Waals surface area contributed by atoms with E-state index < -0.39 is 0 Å². The number of H-pyrrole nitrogens is 1. The summed E-state index contributed by atoms with van der Waals surface area (Å²) in [6.07, 6.45) is 0. The van der Waals surface area contributed by atoms with Crippen LogP contribution < -0.4 is 11.5 Å². The van der Waals surface area contributed by atoms with Crippen LogP contribution >= 0.6 is 39.1 Å². The summed E-state index contributed by atoms with van der Waals surface area (Å²) in [4.78, 5) is 3.40. The van der Waals surface area contributed by atoms with Crippen molar-refractivity contribution in [2.75, 3.05) is 0 Å². The summed E-state index contributed by atoms with van der Waals surface area (Å²) in [6, 6.07) is 11.3. The highest BCUT2D eigenvalue weighted by atomic mass is 79.9. The fourth-order valence-corrected chi connectivity index (χ4v) is 3.48. The van der Waals surface area contributed by atoms with Gasteiger partial charge in [-0.2, -0.15) is 5.10 Å². The van der Waals surface area contributed by atoms with Gasteiger partial charge in [0.05, 0.1) is 16.4 Å². The molecule has 0 saturated heterocycles. The van der Waals surface area contributed by atoms with Crippen molar-refractivity contribution in [2.24, 2.45) is 21.7 Å². The van der Waals surface area contributed by atoms with Crippen molar-refractivity contribution < 1.29 is 0 Å². The van der Waals surface area contributed by atoms with Crippen LogP contribution in [-0.2, 0) is 0 Å². The SMILES string of the molecule is C/C(=N/N=C(N)N)c1c(-c2ccc(Cl)cc2Cl)[nH]c2ccc(Br)cc12. The average Bonchev–Trinajstić information content (AvgIpc) is 2.90. The Bertz CT molecular complexity index is 1020. The molecule has 1 aromatic heterocycles. The molecule has 0 saturated carbocycles. The van der Waals surface area contributed by atoms with Gasteiger partial charge in [-0.25, -0.2) is 0 Å². The summed E-state index contributed by atoms with van der Waals surface area (Å²) in [5.41, 5.74) is 14.9. The average molecular weight is 439 g/mol. The molecular weight excluding hydrogens is 425 g/mol. The van der Waals surface area contributed by atoms with E-state index in [0.29, 0.717) is 15.8 Å². The number of rotatable bonds is 3. The van der Waals surface area contributed by atoms with Crippen LogP contribution in [0.1, 0.15) is 12.5 Å². The third kappa shape index (κ3) is 3.66. The van der Waals surface area contributed by atoms with E-state index in [1.54, 1.807) is 12.1 Å². The first-order valence-electron chi connectivity index (χ1n) is 7.27. The van der Waals surface area contributed by atoms with E-state index in [1.807, 2.05) is 31.2 Å². The largest absolute Gasteiger partial charge is 0.369 e. The first kappa shape index (κ1) is 17.8.